The Balaban J connectivity index is 1.49. The molecule has 2 saturated heterocycles. The zero-order valence-corrected chi connectivity index (χ0v) is 17.0. The largest absolute Gasteiger partial charge is 0.494 e. The van der Waals surface area contributed by atoms with Crippen LogP contribution in [0.5, 0.6) is 5.75 Å². The van der Waals surface area contributed by atoms with Gasteiger partial charge in [0.15, 0.2) is 0 Å². The fourth-order valence-electron chi connectivity index (χ4n) is 4.13. The van der Waals surface area contributed by atoms with Crippen LogP contribution in [0.2, 0.25) is 0 Å². The van der Waals surface area contributed by atoms with Gasteiger partial charge in [-0.3, -0.25) is 14.5 Å². The first-order valence-corrected chi connectivity index (χ1v) is 10.2. The molecule has 1 spiro atoms. The molecule has 2 aromatic rings. The molecule has 0 aromatic heterocycles. The molecule has 7 heteroatoms. The summed E-state index contributed by atoms with van der Waals surface area (Å²) < 4.78 is 5.43. The first-order chi connectivity index (χ1) is 14.5. The van der Waals surface area contributed by atoms with Crippen molar-refractivity contribution in [1.82, 2.24) is 15.1 Å². The van der Waals surface area contributed by atoms with Crippen LogP contribution in [0.25, 0.3) is 0 Å². The predicted octanol–water partition coefficient (Wildman–Crippen LogP) is 2.81. The van der Waals surface area contributed by atoms with E-state index in [0.717, 1.165) is 5.56 Å². The molecule has 156 valence electrons. The van der Waals surface area contributed by atoms with Crippen LogP contribution in [0.3, 0.4) is 0 Å². The fraction of sp³-hybridized carbons (Fsp3) is 0.348. The minimum Gasteiger partial charge on any atom is -0.494 e. The lowest BCUT2D eigenvalue weighted by Crippen LogP contribution is -2.59. The summed E-state index contributed by atoms with van der Waals surface area (Å²) in [4.78, 5) is 41.7. The second-order valence-electron chi connectivity index (χ2n) is 7.68. The highest BCUT2D eigenvalue weighted by atomic mass is 16.5. The minimum absolute atomic E-state index is 0.152. The lowest BCUT2D eigenvalue weighted by Gasteiger charge is -2.38. The van der Waals surface area contributed by atoms with Crippen LogP contribution in [0, 0.1) is 0 Å². The number of benzene rings is 2. The SMILES string of the molecule is CCOc1ccc(C(=O)N2CCCC3(C2)NC(=O)N(Cc2ccccc2)C3=O)cc1. The van der Waals surface area contributed by atoms with Gasteiger partial charge >= 0.3 is 6.03 Å². The molecule has 2 aromatic carbocycles. The van der Waals surface area contributed by atoms with E-state index >= 15 is 0 Å². The molecule has 2 heterocycles. The predicted molar refractivity (Wildman–Crippen MR) is 111 cm³/mol. The summed E-state index contributed by atoms with van der Waals surface area (Å²) in [6, 6.07) is 16.0. The van der Waals surface area contributed by atoms with Gasteiger partial charge in [0.05, 0.1) is 19.7 Å². The summed E-state index contributed by atoms with van der Waals surface area (Å²) in [5, 5.41) is 2.88. The number of hydrogen-bond donors (Lipinski definition) is 1. The zero-order chi connectivity index (χ0) is 21.1. The third kappa shape index (κ3) is 3.75. The number of rotatable bonds is 5. The molecule has 0 radical (unpaired) electrons. The summed E-state index contributed by atoms with van der Waals surface area (Å²) >= 11 is 0. The van der Waals surface area contributed by atoms with Crippen LogP contribution < -0.4 is 10.1 Å². The molecule has 1 atom stereocenters. The number of nitrogens with zero attached hydrogens (tertiary/aromatic N) is 2. The van der Waals surface area contributed by atoms with Crippen molar-refractivity contribution in [1.29, 1.82) is 0 Å². The van der Waals surface area contributed by atoms with E-state index < -0.39 is 11.6 Å². The molecule has 30 heavy (non-hydrogen) atoms. The second-order valence-corrected chi connectivity index (χ2v) is 7.68. The maximum Gasteiger partial charge on any atom is 0.325 e. The number of nitrogens with one attached hydrogen (secondary N) is 1. The van der Waals surface area contributed by atoms with Gasteiger partial charge in [0, 0.05) is 12.1 Å². The van der Waals surface area contributed by atoms with Gasteiger partial charge < -0.3 is 15.0 Å². The Morgan fingerprint density at radius 2 is 1.83 bits per heavy atom. The number of likely N-dealkylation sites (tertiary alicyclic amines) is 1. The van der Waals surface area contributed by atoms with Gasteiger partial charge in [-0.1, -0.05) is 30.3 Å². The van der Waals surface area contributed by atoms with E-state index in [1.807, 2.05) is 37.3 Å². The normalized spacial score (nSPS) is 21.1. The summed E-state index contributed by atoms with van der Waals surface area (Å²) in [6.45, 7) is 3.41. The Kier molecular flexibility index (Phi) is 5.44. The summed E-state index contributed by atoms with van der Waals surface area (Å²) in [7, 11) is 0. The highest BCUT2D eigenvalue weighted by molar-refractivity contribution is 6.07. The Labute approximate surface area is 175 Å². The van der Waals surface area contributed by atoms with Crippen LogP contribution in [-0.2, 0) is 11.3 Å². The Morgan fingerprint density at radius 1 is 1.10 bits per heavy atom. The molecule has 0 saturated carbocycles. The van der Waals surface area contributed by atoms with Crippen molar-refractivity contribution in [3.05, 3.63) is 65.7 Å². The van der Waals surface area contributed by atoms with E-state index in [4.69, 9.17) is 4.74 Å². The molecule has 0 aliphatic carbocycles. The Bertz CT molecular complexity index is 945. The average Bonchev–Trinajstić information content (AvgIpc) is 2.98. The van der Waals surface area contributed by atoms with Crippen molar-refractivity contribution >= 4 is 17.8 Å². The molecule has 2 aliphatic heterocycles. The third-order valence-corrected chi connectivity index (χ3v) is 5.62. The lowest BCUT2D eigenvalue weighted by molar-refractivity contribution is -0.133. The molecule has 4 rings (SSSR count). The van der Waals surface area contributed by atoms with Gasteiger partial charge in [0.1, 0.15) is 11.3 Å². The van der Waals surface area contributed by atoms with Gasteiger partial charge in [-0.15, -0.1) is 0 Å². The minimum atomic E-state index is -1.05. The molecule has 4 amide bonds. The topological polar surface area (TPSA) is 79.0 Å². The van der Waals surface area contributed by atoms with Crippen molar-refractivity contribution < 1.29 is 19.1 Å². The van der Waals surface area contributed by atoms with Crippen LogP contribution in [0.1, 0.15) is 35.7 Å². The van der Waals surface area contributed by atoms with Crippen molar-refractivity contribution in [2.45, 2.75) is 31.8 Å². The highest BCUT2D eigenvalue weighted by Crippen LogP contribution is 2.30. The quantitative estimate of drug-likeness (QED) is 0.773. The number of piperidine rings is 1. The van der Waals surface area contributed by atoms with Gasteiger partial charge in [0.25, 0.3) is 11.8 Å². The van der Waals surface area contributed by atoms with Crippen molar-refractivity contribution in [2.75, 3.05) is 19.7 Å². The van der Waals surface area contributed by atoms with Crippen LogP contribution in [0.15, 0.2) is 54.6 Å². The van der Waals surface area contributed by atoms with E-state index in [0.29, 0.717) is 37.3 Å². The first kappa shape index (κ1) is 19.9. The summed E-state index contributed by atoms with van der Waals surface area (Å²) in [6.07, 6.45) is 1.17. The van der Waals surface area contributed by atoms with Crippen LogP contribution >= 0.6 is 0 Å². The Morgan fingerprint density at radius 3 is 2.53 bits per heavy atom. The van der Waals surface area contributed by atoms with E-state index in [1.165, 1.54) is 4.90 Å². The molecule has 1 unspecified atom stereocenters. The number of carbonyl (C=O) groups is 3. The molecule has 7 nitrogen and oxygen atoms in total. The smallest absolute Gasteiger partial charge is 0.325 e. The number of ether oxygens (including phenoxy) is 1. The molecule has 2 aliphatic rings. The monoisotopic (exact) mass is 407 g/mol. The molecule has 2 fully saturated rings. The van der Waals surface area contributed by atoms with Crippen molar-refractivity contribution in [2.24, 2.45) is 0 Å². The average molecular weight is 407 g/mol. The second kappa shape index (κ2) is 8.18. The highest BCUT2D eigenvalue weighted by Gasteiger charge is 2.53. The first-order valence-electron chi connectivity index (χ1n) is 10.2. The van der Waals surface area contributed by atoms with Gasteiger partial charge in [0.2, 0.25) is 0 Å². The van der Waals surface area contributed by atoms with Gasteiger partial charge in [-0.05, 0) is 49.6 Å². The Hall–Kier alpha value is -3.35. The number of urea groups is 1. The molecule has 0 bridgehead atoms. The van der Waals surface area contributed by atoms with E-state index in [9.17, 15) is 14.4 Å². The fourth-order valence-corrected chi connectivity index (χ4v) is 4.13. The molecule has 1 N–H and O–H groups in total. The zero-order valence-electron chi connectivity index (χ0n) is 17.0. The van der Waals surface area contributed by atoms with Crippen molar-refractivity contribution in [3.63, 3.8) is 0 Å². The summed E-state index contributed by atoms with van der Waals surface area (Å²) in [5.41, 5.74) is 0.370. The third-order valence-electron chi connectivity index (χ3n) is 5.62. The number of carbonyl (C=O) groups excluding carboxylic acids is 3. The summed E-state index contributed by atoms with van der Waals surface area (Å²) in [5.74, 6) is 0.292. The van der Waals surface area contributed by atoms with E-state index in [-0.39, 0.29) is 24.9 Å². The van der Waals surface area contributed by atoms with Gasteiger partial charge in [-0.25, -0.2) is 4.79 Å². The molecular weight excluding hydrogens is 382 g/mol. The van der Waals surface area contributed by atoms with E-state index in [1.54, 1.807) is 29.2 Å². The number of amides is 4. The van der Waals surface area contributed by atoms with Gasteiger partial charge in [-0.2, -0.15) is 0 Å². The van der Waals surface area contributed by atoms with Crippen LogP contribution in [0.4, 0.5) is 4.79 Å². The standard InChI is InChI=1S/C23H25N3O4/c1-2-30-19-11-9-18(10-12-19)20(27)25-14-6-13-23(16-25)21(28)26(22(29)24-23)15-17-7-4-3-5-8-17/h3-5,7-12H,2,6,13-16H2,1H3,(H,24,29). The number of imide groups is 1. The molecular formula is C23H25N3O4. The maximum atomic E-state index is 13.2. The maximum absolute atomic E-state index is 13.2. The van der Waals surface area contributed by atoms with Crippen molar-refractivity contribution in [3.8, 4) is 5.75 Å². The van der Waals surface area contributed by atoms with Crippen LogP contribution in [-0.4, -0.2) is 52.9 Å². The van der Waals surface area contributed by atoms with E-state index in [2.05, 4.69) is 5.32 Å². The number of hydrogen-bond acceptors (Lipinski definition) is 4. The lowest BCUT2D eigenvalue weighted by atomic mass is 9.88.